The molecule has 1 aliphatic heterocycles. The van der Waals surface area contributed by atoms with Crippen LogP contribution in [0.2, 0.25) is 0 Å². The Morgan fingerprint density at radius 3 is 2.53 bits per heavy atom. The van der Waals surface area contributed by atoms with Gasteiger partial charge in [0.1, 0.15) is 18.1 Å². The van der Waals surface area contributed by atoms with Crippen LogP contribution in [0.15, 0.2) is 78.9 Å². The van der Waals surface area contributed by atoms with Gasteiger partial charge in [-0.1, -0.05) is 60.7 Å². The molecule has 0 atom stereocenters. The van der Waals surface area contributed by atoms with Gasteiger partial charge in [-0.15, -0.1) is 0 Å². The van der Waals surface area contributed by atoms with Crippen LogP contribution < -0.4 is 20.1 Å². The summed E-state index contributed by atoms with van der Waals surface area (Å²) in [6.45, 7) is 3.62. The number of amides is 2. The van der Waals surface area contributed by atoms with Crippen molar-refractivity contribution in [1.29, 1.82) is 0 Å². The van der Waals surface area contributed by atoms with E-state index >= 15 is 0 Å². The molecule has 0 spiro atoms. The van der Waals surface area contributed by atoms with Crippen molar-refractivity contribution in [2.24, 2.45) is 0 Å². The summed E-state index contributed by atoms with van der Waals surface area (Å²) < 4.78 is 11.8. The lowest BCUT2D eigenvalue weighted by molar-refractivity contribution is -0.122. The van der Waals surface area contributed by atoms with Crippen molar-refractivity contribution >= 4 is 11.8 Å². The predicted molar refractivity (Wildman–Crippen MR) is 148 cm³/mol. The van der Waals surface area contributed by atoms with Gasteiger partial charge in [0.05, 0.1) is 26.1 Å². The van der Waals surface area contributed by atoms with Gasteiger partial charge in [0.25, 0.3) is 0 Å². The second kappa shape index (κ2) is 14.8. The third-order valence-electron chi connectivity index (χ3n) is 6.34. The molecule has 0 aromatic heterocycles. The lowest BCUT2D eigenvalue weighted by atomic mass is 10.1. The molecule has 0 saturated carbocycles. The van der Waals surface area contributed by atoms with Crippen LogP contribution in [0.5, 0.6) is 11.5 Å². The number of hydrogen-bond donors (Lipinski definition) is 2. The number of carbonyl (C=O) groups excluding carboxylic acids is 2. The monoisotopic (exact) mass is 515 g/mol. The number of benzene rings is 3. The van der Waals surface area contributed by atoms with Gasteiger partial charge in [-0.25, -0.2) is 0 Å². The number of para-hydroxylation sites is 1. The van der Waals surface area contributed by atoms with E-state index in [-0.39, 0.29) is 18.2 Å². The van der Waals surface area contributed by atoms with Crippen LogP contribution in [0.4, 0.5) is 0 Å². The zero-order valence-electron chi connectivity index (χ0n) is 21.9. The van der Waals surface area contributed by atoms with Crippen molar-refractivity contribution in [3.8, 4) is 11.5 Å². The van der Waals surface area contributed by atoms with Crippen molar-refractivity contribution < 1.29 is 19.1 Å². The minimum absolute atomic E-state index is 0.0240. The molecule has 0 radical (unpaired) electrons. The molecule has 7 nitrogen and oxygen atoms in total. The fourth-order valence-corrected chi connectivity index (χ4v) is 4.45. The first-order valence-electron chi connectivity index (χ1n) is 13.4. The van der Waals surface area contributed by atoms with Crippen LogP contribution >= 0.6 is 0 Å². The number of ether oxygens (including phenoxy) is 2. The Kier molecular flexibility index (Phi) is 10.6. The highest BCUT2D eigenvalue weighted by Gasteiger charge is 2.17. The molecule has 1 aliphatic rings. The first-order valence-corrected chi connectivity index (χ1v) is 13.4. The molecule has 0 saturated heterocycles. The van der Waals surface area contributed by atoms with Crippen LogP contribution in [0, 0.1) is 0 Å². The molecular formula is C31H37N3O4. The molecule has 2 N–H and O–H groups in total. The van der Waals surface area contributed by atoms with E-state index in [1.54, 1.807) is 0 Å². The summed E-state index contributed by atoms with van der Waals surface area (Å²) in [6.07, 6.45) is 3.12. The van der Waals surface area contributed by atoms with Crippen molar-refractivity contribution in [2.75, 3.05) is 32.8 Å². The molecule has 2 amide bonds. The van der Waals surface area contributed by atoms with E-state index in [2.05, 4.69) is 27.7 Å². The molecular weight excluding hydrogens is 478 g/mol. The smallest absolute Gasteiger partial charge is 0.234 e. The van der Waals surface area contributed by atoms with E-state index in [9.17, 15) is 9.59 Å². The molecule has 4 rings (SSSR count). The summed E-state index contributed by atoms with van der Waals surface area (Å²) >= 11 is 0. The molecule has 7 heteroatoms. The Labute approximate surface area is 225 Å². The molecule has 3 aromatic rings. The highest BCUT2D eigenvalue weighted by Crippen LogP contribution is 2.24. The Morgan fingerprint density at radius 1 is 0.921 bits per heavy atom. The molecule has 0 aliphatic carbocycles. The van der Waals surface area contributed by atoms with Gasteiger partial charge in [-0.2, -0.15) is 0 Å². The number of nitrogens with zero attached hydrogens (tertiary/aromatic N) is 1. The zero-order chi connectivity index (χ0) is 26.4. The molecule has 0 bridgehead atoms. The number of fused-ring (bicyclic) bond motifs is 1. The van der Waals surface area contributed by atoms with Crippen molar-refractivity contribution in [3.05, 3.63) is 95.6 Å². The highest BCUT2D eigenvalue weighted by atomic mass is 16.5. The predicted octanol–water partition coefficient (Wildman–Crippen LogP) is 4.11. The van der Waals surface area contributed by atoms with Crippen LogP contribution in [0.1, 0.15) is 36.0 Å². The van der Waals surface area contributed by atoms with Crippen LogP contribution in [0.25, 0.3) is 0 Å². The second-order valence-electron chi connectivity index (χ2n) is 9.52. The average Bonchev–Trinajstić information content (AvgIpc) is 2.93. The number of carbonyl (C=O) groups is 2. The first-order chi connectivity index (χ1) is 18.7. The van der Waals surface area contributed by atoms with Gasteiger partial charge in [0, 0.05) is 25.2 Å². The van der Waals surface area contributed by atoms with E-state index in [1.165, 1.54) is 0 Å². The summed E-state index contributed by atoms with van der Waals surface area (Å²) in [5.41, 5.74) is 3.02. The maximum absolute atomic E-state index is 12.7. The van der Waals surface area contributed by atoms with Crippen molar-refractivity contribution in [3.63, 3.8) is 0 Å². The van der Waals surface area contributed by atoms with Gasteiger partial charge >= 0.3 is 0 Å². The number of rotatable bonds is 8. The van der Waals surface area contributed by atoms with Crippen molar-refractivity contribution in [2.45, 2.75) is 38.8 Å². The summed E-state index contributed by atoms with van der Waals surface area (Å²) in [7, 11) is 0. The highest BCUT2D eigenvalue weighted by molar-refractivity contribution is 5.79. The largest absolute Gasteiger partial charge is 0.493 e. The third-order valence-corrected chi connectivity index (χ3v) is 6.34. The SMILES string of the molecule is O=C(Cc1ccc2c(c1)CN(Cc1ccccc1)CC(=O)NCCCCCO2)NCCOc1ccccc1. The van der Waals surface area contributed by atoms with Crippen LogP contribution in [-0.4, -0.2) is 49.6 Å². The summed E-state index contributed by atoms with van der Waals surface area (Å²) in [5.74, 6) is 1.55. The van der Waals surface area contributed by atoms with Gasteiger partial charge in [-0.3, -0.25) is 14.5 Å². The van der Waals surface area contributed by atoms with Gasteiger partial charge in [-0.05, 0) is 48.6 Å². The molecule has 38 heavy (non-hydrogen) atoms. The minimum Gasteiger partial charge on any atom is -0.493 e. The fraction of sp³-hybridized carbons (Fsp3) is 0.355. The van der Waals surface area contributed by atoms with E-state index in [1.807, 2.05) is 66.7 Å². The fourth-order valence-electron chi connectivity index (χ4n) is 4.45. The van der Waals surface area contributed by atoms with Gasteiger partial charge in [0.15, 0.2) is 0 Å². The molecule has 0 unspecified atom stereocenters. The van der Waals surface area contributed by atoms with Crippen molar-refractivity contribution in [1.82, 2.24) is 15.5 Å². The van der Waals surface area contributed by atoms with E-state index < -0.39 is 0 Å². The minimum atomic E-state index is -0.0623. The number of hydrogen-bond acceptors (Lipinski definition) is 5. The summed E-state index contributed by atoms with van der Waals surface area (Å²) in [4.78, 5) is 27.4. The maximum atomic E-state index is 12.7. The van der Waals surface area contributed by atoms with E-state index in [4.69, 9.17) is 9.47 Å². The quantitative estimate of drug-likeness (QED) is 0.442. The molecule has 1 heterocycles. The first kappa shape index (κ1) is 27.2. The molecule has 3 aromatic carbocycles. The van der Waals surface area contributed by atoms with E-state index in [0.717, 1.165) is 47.5 Å². The lowest BCUT2D eigenvalue weighted by Crippen LogP contribution is -2.37. The van der Waals surface area contributed by atoms with Gasteiger partial charge in [0.2, 0.25) is 11.8 Å². The van der Waals surface area contributed by atoms with Crippen LogP contribution in [-0.2, 0) is 29.1 Å². The summed E-state index contributed by atoms with van der Waals surface area (Å²) in [6, 6.07) is 25.6. The molecule has 200 valence electrons. The second-order valence-corrected chi connectivity index (χ2v) is 9.52. The topological polar surface area (TPSA) is 79.9 Å². The lowest BCUT2D eigenvalue weighted by Gasteiger charge is -2.23. The van der Waals surface area contributed by atoms with Gasteiger partial charge < -0.3 is 20.1 Å². The Balaban J connectivity index is 1.42. The molecule has 0 fully saturated rings. The average molecular weight is 516 g/mol. The Bertz CT molecular complexity index is 1150. The summed E-state index contributed by atoms with van der Waals surface area (Å²) in [5, 5.41) is 5.98. The standard InChI is InChI=1S/C31H37N3O4/c35-30(33-17-19-37-28-12-6-2-7-13-28)21-26-14-15-29-27(20-26)23-34(22-25-10-4-1-5-11-25)24-31(36)32-16-8-3-9-18-38-29/h1-2,4-7,10-15,20H,3,8-9,16-19,21-24H2,(H,32,36)(H,33,35). The maximum Gasteiger partial charge on any atom is 0.234 e. The zero-order valence-corrected chi connectivity index (χ0v) is 21.9. The third kappa shape index (κ3) is 9.23. The van der Waals surface area contributed by atoms with E-state index in [0.29, 0.717) is 45.9 Å². The normalized spacial score (nSPS) is 15.0. The Hall–Kier alpha value is -3.84. The van der Waals surface area contributed by atoms with Crippen LogP contribution in [0.3, 0.4) is 0 Å². The Morgan fingerprint density at radius 2 is 1.71 bits per heavy atom. The number of nitrogens with one attached hydrogen (secondary N) is 2.